The monoisotopic (exact) mass is 178 g/mol. The lowest BCUT2D eigenvalue weighted by atomic mass is 9.81. The van der Waals surface area contributed by atoms with Crippen LogP contribution in [0.15, 0.2) is 23.3 Å². The van der Waals surface area contributed by atoms with E-state index < -0.39 is 0 Å². The van der Waals surface area contributed by atoms with Gasteiger partial charge in [0.25, 0.3) is 0 Å². The smallest absolute Gasteiger partial charge is 0.331 e. The van der Waals surface area contributed by atoms with E-state index in [4.69, 9.17) is 4.74 Å². The SMILES string of the molecule is CC1=CC[C@]2(CC1)OC(=O)C=C2C. The standard InChI is InChI=1S/C11H14O2/c1-8-3-5-11(6-4-8)9(2)7-10(12)13-11/h3,7H,4-6H2,1-2H3/t11-/m1/s1. The highest BCUT2D eigenvalue weighted by molar-refractivity contribution is 5.86. The van der Waals surface area contributed by atoms with Crippen LogP contribution in [0.4, 0.5) is 0 Å². The van der Waals surface area contributed by atoms with Crippen LogP contribution in [0, 0.1) is 0 Å². The second-order valence-corrected chi connectivity index (χ2v) is 4.00. The van der Waals surface area contributed by atoms with E-state index in [2.05, 4.69) is 13.0 Å². The van der Waals surface area contributed by atoms with Crippen LogP contribution in [0.2, 0.25) is 0 Å². The summed E-state index contributed by atoms with van der Waals surface area (Å²) in [7, 11) is 0. The molecule has 70 valence electrons. The lowest BCUT2D eigenvalue weighted by Gasteiger charge is -2.32. The molecule has 0 bridgehead atoms. The second-order valence-electron chi connectivity index (χ2n) is 4.00. The first kappa shape index (κ1) is 8.54. The van der Waals surface area contributed by atoms with Gasteiger partial charge in [0, 0.05) is 12.5 Å². The molecule has 0 aromatic heterocycles. The summed E-state index contributed by atoms with van der Waals surface area (Å²) in [6.45, 7) is 4.11. The molecule has 0 aromatic carbocycles. The minimum absolute atomic E-state index is 0.176. The van der Waals surface area contributed by atoms with Gasteiger partial charge in [0.15, 0.2) is 0 Å². The number of carbonyl (C=O) groups is 1. The molecule has 0 saturated heterocycles. The highest BCUT2D eigenvalue weighted by Gasteiger charge is 2.40. The molecule has 1 aliphatic carbocycles. The van der Waals surface area contributed by atoms with Crippen LogP contribution in [0.5, 0.6) is 0 Å². The van der Waals surface area contributed by atoms with Gasteiger partial charge in [-0.3, -0.25) is 0 Å². The summed E-state index contributed by atoms with van der Waals surface area (Å²) in [6, 6.07) is 0. The van der Waals surface area contributed by atoms with Gasteiger partial charge in [-0.15, -0.1) is 0 Å². The highest BCUT2D eigenvalue weighted by atomic mass is 16.6. The minimum atomic E-state index is -0.281. The van der Waals surface area contributed by atoms with Crippen LogP contribution >= 0.6 is 0 Å². The van der Waals surface area contributed by atoms with E-state index >= 15 is 0 Å². The van der Waals surface area contributed by atoms with Crippen molar-refractivity contribution in [1.29, 1.82) is 0 Å². The molecule has 2 heteroatoms. The van der Waals surface area contributed by atoms with Crippen LogP contribution in [0.3, 0.4) is 0 Å². The van der Waals surface area contributed by atoms with Crippen molar-refractivity contribution in [2.45, 2.75) is 38.7 Å². The molecule has 0 N–H and O–H groups in total. The first-order valence-corrected chi connectivity index (χ1v) is 4.70. The van der Waals surface area contributed by atoms with E-state index in [1.807, 2.05) is 6.92 Å². The molecule has 1 heterocycles. The molecular weight excluding hydrogens is 164 g/mol. The summed E-state index contributed by atoms with van der Waals surface area (Å²) in [5.74, 6) is -0.176. The zero-order valence-electron chi connectivity index (χ0n) is 8.09. The predicted octanol–water partition coefficient (Wildman–Crippen LogP) is 2.36. The van der Waals surface area contributed by atoms with E-state index in [9.17, 15) is 4.79 Å². The van der Waals surface area contributed by atoms with Crippen LogP contribution in [0.25, 0.3) is 0 Å². The van der Waals surface area contributed by atoms with Crippen molar-refractivity contribution in [3.8, 4) is 0 Å². The largest absolute Gasteiger partial charge is 0.451 e. The molecule has 0 unspecified atom stereocenters. The van der Waals surface area contributed by atoms with Crippen LogP contribution < -0.4 is 0 Å². The molecule has 0 saturated carbocycles. The van der Waals surface area contributed by atoms with Gasteiger partial charge in [0.2, 0.25) is 0 Å². The van der Waals surface area contributed by atoms with Crippen molar-refractivity contribution < 1.29 is 9.53 Å². The minimum Gasteiger partial charge on any atom is -0.451 e. The average molecular weight is 178 g/mol. The highest BCUT2D eigenvalue weighted by Crippen LogP contribution is 2.39. The Kier molecular flexibility index (Phi) is 1.79. The Morgan fingerprint density at radius 3 is 2.69 bits per heavy atom. The summed E-state index contributed by atoms with van der Waals surface area (Å²) < 4.78 is 5.37. The molecule has 1 aliphatic heterocycles. The molecule has 13 heavy (non-hydrogen) atoms. The van der Waals surface area contributed by atoms with Crippen LogP contribution in [-0.2, 0) is 9.53 Å². The van der Waals surface area contributed by atoms with E-state index in [0.717, 1.165) is 24.8 Å². The number of ether oxygens (including phenoxy) is 1. The molecule has 0 aromatic rings. The maximum Gasteiger partial charge on any atom is 0.331 e. The Morgan fingerprint density at radius 1 is 1.46 bits per heavy atom. The maximum atomic E-state index is 11.1. The molecule has 2 rings (SSSR count). The summed E-state index contributed by atoms with van der Waals surface area (Å²) in [4.78, 5) is 11.1. The Bertz CT molecular complexity index is 312. The Labute approximate surface area is 78.3 Å². The Morgan fingerprint density at radius 2 is 2.23 bits per heavy atom. The number of hydrogen-bond donors (Lipinski definition) is 0. The molecule has 1 atom stereocenters. The summed E-state index contributed by atoms with van der Waals surface area (Å²) in [5.41, 5.74) is 2.21. The topological polar surface area (TPSA) is 26.3 Å². The van der Waals surface area contributed by atoms with Gasteiger partial charge in [0.1, 0.15) is 5.60 Å². The number of allylic oxidation sites excluding steroid dienone is 1. The van der Waals surface area contributed by atoms with Gasteiger partial charge < -0.3 is 4.74 Å². The molecular formula is C11H14O2. The van der Waals surface area contributed by atoms with Crippen molar-refractivity contribution in [2.24, 2.45) is 0 Å². The van der Waals surface area contributed by atoms with Crippen molar-refractivity contribution in [3.05, 3.63) is 23.3 Å². The lowest BCUT2D eigenvalue weighted by Crippen LogP contribution is -2.32. The second kappa shape index (κ2) is 2.72. The van der Waals surface area contributed by atoms with Crippen molar-refractivity contribution in [3.63, 3.8) is 0 Å². The molecule has 0 amide bonds. The molecule has 0 radical (unpaired) electrons. The fraction of sp³-hybridized carbons (Fsp3) is 0.545. The van der Waals surface area contributed by atoms with Gasteiger partial charge in [-0.2, -0.15) is 0 Å². The predicted molar refractivity (Wildman–Crippen MR) is 50.2 cm³/mol. The van der Waals surface area contributed by atoms with E-state index in [0.29, 0.717) is 0 Å². The number of rotatable bonds is 0. The van der Waals surface area contributed by atoms with Crippen molar-refractivity contribution in [1.82, 2.24) is 0 Å². The molecule has 0 fully saturated rings. The zero-order chi connectivity index (χ0) is 9.47. The third-order valence-corrected chi connectivity index (χ3v) is 3.05. The summed E-state index contributed by atoms with van der Waals surface area (Å²) >= 11 is 0. The molecule has 1 spiro atoms. The van der Waals surface area contributed by atoms with E-state index in [1.165, 1.54) is 5.57 Å². The third kappa shape index (κ3) is 1.30. The zero-order valence-corrected chi connectivity index (χ0v) is 8.09. The van der Waals surface area contributed by atoms with Gasteiger partial charge in [-0.25, -0.2) is 4.79 Å². The van der Waals surface area contributed by atoms with Gasteiger partial charge in [-0.05, 0) is 32.3 Å². The van der Waals surface area contributed by atoms with E-state index in [-0.39, 0.29) is 11.6 Å². The first-order chi connectivity index (χ1) is 6.12. The first-order valence-electron chi connectivity index (χ1n) is 4.70. The van der Waals surface area contributed by atoms with E-state index in [1.54, 1.807) is 6.08 Å². The normalized spacial score (nSPS) is 32.9. The maximum absolute atomic E-state index is 11.1. The van der Waals surface area contributed by atoms with Gasteiger partial charge in [-0.1, -0.05) is 11.6 Å². The Hall–Kier alpha value is -1.05. The van der Waals surface area contributed by atoms with Gasteiger partial charge >= 0.3 is 5.97 Å². The number of carbonyl (C=O) groups excluding carboxylic acids is 1. The summed E-state index contributed by atoms with van der Waals surface area (Å²) in [5, 5.41) is 0. The fourth-order valence-electron chi connectivity index (χ4n) is 2.00. The number of esters is 1. The quantitative estimate of drug-likeness (QED) is 0.420. The van der Waals surface area contributed by atoms with Crippen molar-refractivity contribution in [2.75, 3.05) is 0 Å². The fourth-order valence-corrected chi connectivity index (χ4v) is 2.00. The third-order valence-electron chi connectivity index (χ3n) is 3.05. The molecule has 2 nitrogen and oxygen atoms in total. The van der Waals surface area contributed by atoms with Crippen molar-refractivity contribution >= 4 is 5.97 Å². The average Bonchev–Trinajstić information content (AvgIpc) is 2.34. The van der Waals surface area contributed by atoms with Crippen LogP contribution in [-0.4, -0.2) is 11.6 Å². The lowest BCUT2D eigenvalue weighted by molar-refractivity contribution is -0.146. The number of hydrogen-bond acceptors (Lipinski definition) is 2. The Balaban J connectivity index is 2.25. The van der Waals surface area contributed by atoms with Crippen LogP contribution in [0.1, 0.15) is 33.1 Å². The van der Waals surface area contributed by atoms with Gasteiger partial charge in [0.05, 0.1) is 0 Å². The summed E-state index contributed by atoms with van der Waals surface area (Å²) in [6.07, 6.45) is 6.64. The molecule has 2 aliphatic rings.